The Balaban J connectivity index is 0.000000257. The maximum atomic E-state index is 12.2. The van der Waals surface area contributed by atoms with Gasteiger partial charge in [0.2, 0.25) is 5.91 Å². The molecule has 3 aliphatic rings. The minimum absolute atomic E-state index is 0.408. The molecule has 3 atom stereocenters. The van der Waals surface area contributed by atoms with Gasteiger partial charge in [-0.15, -0.1) is 0 Å². The number of aromatic nitrogens is 1. The number of hydrogen-bond donors (Lipinski definition) is 2. The van der Waals surface area contributed by atoms with Crippen LogP contribution in [0, 0.1) is 17.8 Å². The van der Waals surface area contributed by atoms with E-state index < -0.39 is 24.3 Å². The minimum Gasteiger partial charge on any atom is -0.475 e. The molecule has 196 valence electrons. The van der Waals surface area contributed by atoms with Crippen molar-refractivity contribution in [1.82, 2.24) is 14.8 Å². The van der Waals surface area contributed by atoms with Gasteiger partial charge in [0.25, 0.3) is 0 Å². The van der Waals surface area contributed by atoms with Crippen LogP contribution in [0.15, 0.2) is 24.5 Å². The Morgan fingerprint density at radius 2 is 1.43 bits per heavy atom. The number of rotatable bonds is 4. The molecule has 14 heteroatoms. The van der Waals surface area contributed by atoms with E-state index in [1.807, 2.05) is 18.5 Å². The highest BCUT2D eigenvalue weighted by Crippen LogP contribution is 2.54. The van der Waals surface area contributed by atoms with Crippen molar-refractivity contribution in [2.24, 2.45) is 17.8 Å². The van der Waals surface area contributed by atoms with Gasteiger partial charge in [-0.25, -0.2) is 9.59 Å². The van der Waals surface area contributed by atoms with Gasteiger partial charge in [0, 0.05) is 51.5 Å². The van der Waals surface area contributed by atoms with Crippen molar-refractivity contribution in [1.29, 1.82) is 0 Å². The Bertz CT molecular complexity index is 838. The van der Waals surface area contributed by atoms with E-state index in [0.29, 0.717) is 11.8 Å². The molecule has 1 aliphatic carbocycles. The Labute approximate surface area is 196 Å². The molecule has 1 amide bonds. The van der Waals surface area contributed by atoms with E-state index in [-0.39, 0.29) is 0 Å². The van der Waals surface area contributed by atoms with Gasteiger partial charge in [-0.05, 0) is 42.2 Å². The standard InChI is InChI=1S/C17H23N3O.2C2HF3O2/c21-17(20-6-1-2-7-20)8-14-15-11-19(12-16(14)15)10-13-4-3-5-18-9-13;2*3-2(4,5)1(6)7/h3-5,9,14-16H,1-2,6-8,10-12H2;2*(H,6,7)/t14?,15-,16+;;. The number of nitrogens with zero attached hydrogens (tertiary/aromatic N) is 3. The van der Waals surface area contributed by atoms with E-state index in [0.717, 1.165) is 51.0 Å². The molecule has 2 N–H and O–H groups in total. The van der Waals surface area contributed by atoms with Crippen molar-refractivity contribution in [3.8, 4) is 0 Å². The zero-order chi connectivity index (χ0) is 26.4. The first-order chi connectivity index (χ1) is 16.2. The molecule has 0 bridgehead atoms. The van der Waals surface area contributed by atoms with Crippen LogP contribution < -0.4 is 0 Å². The number of carboxylic acids is 2. The van der Waals surface area contributed by atoms with Crippen molar-refractivity contribution >= 4 is 17.8 Å². The molecule has 1 aromatic rings. The fourth-order valence-corrected chi connectivity index (χ4v) is 4.22. The van der Waals surface area contributed by atoms with Crippen LogP contribution in [0.1, 0.15) is 24.8 Å². The Hall–Kier alpha value is -2.90. The third-order valence-electron chi connectivity index (χ3n) is 5.93. The van der Waals surface area contributed by atoms with Crippen molar-refractivity contribution in [3.63, 3.8) is 0 Å². The van der Waals surface area contributed by atoms with Crippen LogP contribution in [0.2, 0.25) is 0 Å². The number of halogens is 6. The number of alkyl halides is 6. The lowest BCUT2D eigenvalue weighted by Crippen LogP contribution is -2.30. The lowest BCUT2D eigenvalue weighted by molar-refractivity contribution is -0.193. The van der Waals surface area contributed by atoms with Gasteiger partial charge in [0.15, 0.2) is 0 Å². The van der Waals surface area contributed by atoms with Crippen molar-refractivity contribution < 1.29 is 50.9 Å². The number of carbonyl (C=O) groups is 3. The SMILES string of the molecule is O=C(CC1[C@H]2CN(Cc3cccnc3)C[C@@H]12)N1CCCC1.O=C(O)C(F)(F)F.O=C(O)C(F)(F)F. The van der Waals surface area contributed by atoms with Crippen LogP contribution in [0.25, 0.3) is 0 Å². The number of piperidine rings is 1. The molecule has 8 nitrogen and oxygen atoms in total. The molecule has 0 aromatic carbocycles. The van der Waals surface area contributed by atoms with Crippen LogP contribution in [0.3, 0.4) is 0 Å². The number of pyridine rings is 1. The molecule has 3 heterocycles. The second-order valence-electron chi connectivity index (χ2n) is 8.44. The summed E-state index contributed by atoms with van der Waals surface area (Å²) in [5.74, 6) is -2.89. The van der Waals surface area contributed by atoms with Gasteiger partial charge < -0.3 is 15.1 Å². The van der Waals surface area contributed by atoms with Crippen LogP contribution in [-0.4, -0.2) is 81.4 Å². The van der Waals surface area contributed by atoms with Gasteiger partial charge in [-0.3, -0.25) is 14.7 Å². The highest BCUT2D eigenvalue weighted by Gasteiger charge is 2.55. The second kappa shape index (κ2) is 11.7. The lowest BCUT2D eigenvalue weighted by Gasteiger charge is -2.20. The summed E-state index contributed by atoms with van der Waals surface area (Å²) in [5.41, 5.74) is 1.29. The third-order valence-corrected chi connectivity index (χ3v) is 5.93. The van der Waals surface area contributed by atoms with Gasteiger partial charge >= 0.3 is 24.3 Å². The van der Waals surface area contributed by atoms with Crippen LogP contribution in [0.5, 0.6) is 0 Å². The summed E-state index contributed by atoms with van der Waals surface area (Å²) in [5, 5.41) is 14.2. The largest absolute Gasteiger partial charge is 0.490 e. The zero-order valence-corrected chi connectivity index (χ0v) is 18.4. The third kappa shape index (κ3) is 9.00. The summed E-state index contributed by atoms with van der Waals surface area (Å²) in [6, 6.07) is 4.15. The summed E-state index contributed by atoms with van der Waals surface area (Å²) < 4.78 is 63.5. The van der Waals surface area contributed by atoms with E-state index in [9.17, 15) is 31.1 Å². The summed E-state index contributed by atoms with van der Waals surface area (Å²) >= 11 is 0. The Morgan fingerprint density at radius 3 is 1.83 bits per heavy atom. The maximum Gasteiger partial charge on any atom is 0.490 e. The van der Waals surface area contributed by atoms with Crippen molar-refractivity contribution in [3.05, 3.63) is 30.1 Å². The van der Waals surface area contributed by atoms with Crippen molar-refractivity contribution in [2.75, 3.05) is 26.2 Å². The van der Waals surface area contributed by atoms with Gasteiger partial charge in [0.05, 0.1) is 0 Å². The number of likely N-dealkylation sites (tertiary alicyclic amines) is 2. The first-order valence-corrected chi connectivity index (χ1v) is 10.7. The number of fused-ring (bicyclic) bond motifs is 1. The van der Waals surface area contributed by atoms with Crippen molar-refractivity contribution in [2.45, 2.75) is 38.2 Å². The van der Waals surface area contributed by atoms with E-state index >= 15 is 0 Å². The molecule has 1 unspecified atom stereocenters. The van der Waals surface area contributed by atoms with E-state index in [2.05, 4.69) is 20.9 Å². The predicted octanol–water partition coefficient (Wildman–Crippen LogP) is 3.04. The monoisotopic (exact) mass is 513 g/mol. The van der Waals surface area contributed by atoms with Gasteiger partial charge in [-0.1, -0.05) is 6.07 Å². The molecule has 35 heavy (non-hydrogen) atoms. The molecule has 4 rings (SSSR count). The van der Waals surface area contributed by atoms with E-state index in [4.69, 9.17) is 19.8 Å². The Kier molecular flexibility index (Phi) is 9.46. The molecule has 2 saturated heterocycles. The molecule has 2 aliphatic heterocycles. The molecule has 3 fully saturated rings. The molecule has 0 radical (unpaired) electrons. The zero-order valence-electron chi connectivity index (χ0n) is 18.4. The van der Waals surface area contributed by atoms with E-state index in [1.165, 1.54) is 18.4 Å². The first-order valence-electron chi connectivity index (χ1n) is 10.7. The fraction of sp³-hybridized carbons (Fsp3) is 0.619. The lowest BCUT2D eigenvalue weighted by atomic mass is 10.1. The summed E-state index contributed by atoms with van der Waals surface area (Å²) in [6.07, 6.45) is -3.19. The minimum atomic E-state index is -5.08. The number of amides is 1. The van der Waals surface area contributed by atoms with Gasteiger partial charge in [-0.2, -0.15) is 26.3 Å². The quantitative estimate of drug-likeness (QED) is 0.596. The van der Waals surface area contributed by atoms with Crippen LogP contribution in [-0.2, 0) is 20.9 Å². The molecular formula is C21H25F6N3O5. The molecule has 1 aromatic heterocycles. The summed E-state index contributed by atoms with van der Waals surface area (Å²) in [4.78, 5) is 38.8. The number of carboxylic acid groups (broad SMARTS) is 2. The van der Waals surface area contributed by atoms with Gasteiger partial charge in [0.1, 0.15) is 0 Å². The second-order valence-corrected chi connectivity index (χ2v) is 8.44. The van der Waals surface area contributed by atoms with Crippen LogP contribution in [0.4, 0.5) is 26.3 Å². The summed E-state index contributed by atoms with van der Waals surface area (Å²) in [6.45, 7) is 5.32. The smallest absolute Gasteiger partial charge is 0.475 e. The topological polar surface area (TPSA) is 111 Å². The predicted molar refractivity (Wildman–Crippen MR) is 108 cm³/mol. The maximum absolute atomic E-state index is 12.2. The molecule has 0 spiro atoms. The average molecular weight is 513 g/mol. The fourth-order valence-electron chi connectivity index (χ4n) is 4.22. The van der Waals surface area contributed by atoms with E-state index in [1.54, 1.807) is 0 Å². The normalized spacial score (nSPS) is 23.4. The highest BCUT2D eigenvalue weighted by atomic mass is 19.4. The average Bonchev–Trinajstić information content (AvgIpc) is 3.17. The van der Waals surface area contributed by atoms with Crippen LogP contribution >= 0.6 is 0 Å². The first kappa shape index (κ1) is 28.3. The number of aliphatic carboxylic acids is 2. The highest BCUT2D eigenvalue weighted by molar-refractivity contribution is 5.77. The summed E-state index contributed by atoms with van der Waals surface area (Å²) in [7, 11) is 0. The Morgan fingerprint density at radius 1 is 0.943 bits per heavy atom. The number of hydrogen-bond acceptors (Lipinski definition) is 5. The molecule has 1 saturated carbocycles. The molecular weight excluding hydrogens is 488 g/mol. The number of carbonyl (C=O) groups excluding carboxylic acids is 1.